The number of carboxylic acid groups (broad SMARTS) is 1. The van der Waals surface area contributed by atoms with Gasteiger partial charge in [-0.1, -0.05) is 0 Å². The van der Waals surface area contributed by atoms with Crippen LogP contribution in [-0.2, 0) is 9.47 Å². The summed E-state index contributed by atoms with van der Waals surface area (Å²) >= 11 is 0. The smallest absolute Gasteiger partial charge is 0.338 e. The predicted octanol–water partition coefficient (Wildman–Crippen LogP) is 0.465. The van der Waals surface area contributed by atoms with E-state index in [-0.39, 0.29) is 23.3 Å². The van der Waals surface area contributed by atoms with E-state index in [0.717, 1.165) is 6.26 Å². The Kier molecular flexibility index (Phi) is 4.18. The molecule has 7 nitrogen and oxygen atoms in total. The van der Waals surface area contributed by atoms with Crippen LogP contribution in [0, 0.1) is 0 Å². The summed E-state index contributed by atoms with van der Waals surface area (Å²) in [6.45, 7) is 1.97. The van der Waals surface area contributed by atoms with Crippen LogP contribution in [0.25, 0.3) is 0 Å². The topological polar surface area (TPSA) is 89.2 Å². The lowest BCUT2D eigenvalue weighted by Gasteiger charge is -2.38. The van der Waals surface area contributed by atoms with Gasteiger partial charge in [0.2, 0.25) is 0 Å². The number of hydrogen-bond donors (Lipinski definition) is 1. The number of hydrogen-bond acceptors (Lipinski definition) is 5. The molecule has 1 amide bonds. The van der Waals surface area contributed by atoms with Crippen LogP contribution >= 0.6 is 0 Å². The molecule has 0 aromatic carbocycles. The van der Waals surface area contributed by atoms with E-state index in [9.17, 15) is 9.59 Å². The molecular weight excluding hydrogens is 254 g/mol. The van der Waals surface area contributed by atoms with Crippen LogP contribution in [-0.4, -0.2) is 61.4 Å². The van der Waals surface area contributed by atoms with E-state index < -0.39 is 5.97 Å². The van der Waals surface area contributed by atoms with Gasteiger partial charge in [0.25, 0.3) is 5.91 Å². The number of amides is 1. The zero-order chi connectivity index (χ0) is 13.8. The molecule has 1 aromatic heterocycles. The lowest BCUT2D eigenvalue weighted by atomic mass is 10.1. The molecule has 0 radical (unpaired) electrons. The zero-order valence-corrected chi connectivity index (χ0v) is 10.5. The number of likely N-dealkylation sites (tertiary alicyclic amines) is 1. The van der Waals surface area contributed by atoms with Crippen LogP contribution in [0.1, 0.15) is 20.9 Å². The molecular formula is C12H15NO6. The van der Waals surface area contributed by atoms with Crippen molar-refractivity contribution in [3.63, 3.8) is 0 Å². The maximum Gasteiger partial charge on any atom is 0.338 e. The number of methoxy groups -OCH3 is 1. The highest BCUT2D eigenvalue weighted by atomic mass is 16.5. The molecule has 1 saturated heterocycles. The fourth-order valence-electron chi connectivity index (χ4n) is 1.72. The SMILES string of the molecule is COCCOC1CN(C(=O)c2cc(C(=O)O)co2)C1. The van der Waals surface area contributed by atoms with Gasteiger partial charge in [-0.05, 0) is 0 Å². The van der Waals surface area contributed by atoms with Crippen LogP contribution in [0.5, 0.6) is 0 Å². The van der Waals surface area contributed by atoms with Crippen LogP contribution in [0.2, 0.25) is 0 Å². The molecule has 0 unspecified atom stereocenters. The summed E-state index contributed by atoms with van der Waals surface area (Å²) in [6, 6.07) is 1.23. The minimum Gasteiger partial charge on any atom is -0.478 e. The van der Waals surface area contributed by atoms with Gasteiger partial charge in [-0.2, -0.15) is 0 Å². The van der Waals surface area contributed by atoms with E-state index in [0.29, 0.717) is 26.3 Å². The molecule has 19 heavy (non-hydrogen) atoms. The second kappa shape index (κ2) is 5.85. The summed E-state index contributed by atoms with van der Waals surface area (Å²) in [6.07, 6.45) is 1.06. The van der Waals surface area contributed by atoms with Crippen LogP contribution in [0.4, 0.5) is 0 Å². The zero-order valence-electron chi connectivity index (χ0n) is 10.5. The molecule has 0 spiro atoms. The Morgan fingerprint density at radius 3 is 2.79 bits per heavy atom. The largest absolute Gasteiger partial charge is 0.478 e. The summed E-state index contributed by atoms with van der Waals surface area (Å²) < 4.78 is 15.2. The standard InChI is InChI=1S/C12H15NO6/c1-17-2-3-18-9-5-13(6-9)11(14)10-4-8(7-19-10)12(15)16/h4,7,9H,2-3,5-6H2,1H3,(H,15,16). The van der Waals surface area contributed by atoms with Gasteiger partial charge in [0.1, 0.15) is 6.26 Å². The summed E-state index contributed by atoms with van der Waals surface area (Å²) in [5, 5.41) is 8.74. The number of nitrogens with zero attached hydrogens (tertiary/aromatic N) is 1. The van der Waals surface area contributed by atoms with E-state index in [4.69, 9.17) is 19.0 Å². The van der Waals surface area contributed by atoms with Gasteiger partial charge in [-0.15, -0.1) is 0 Å². The number of carbonyl (C=O) groups is 2. The molecule has 1 aliphatic heterocycles. The van der Waals surface area contributed by atoms with E-state index in [1.165, 1.54) is 6.07 Å². The summed E-state index contributed by atoms with van der Waals surface area (Å²) in [7, 11) is 1.59. The van der Waals surface area contributed by atoms with E-state index >= 15 is 0 Å². The summed E-state index contributed by atoms with van der Waals surface area (Å²) in [5.74, 6) is -1.40. The Morgan fingerprint density at radius 2 is 2.21 bits per heavy atom. The van der Waals surface area contributed by atoms with Crippen molar-refractivity contribution in [2.45, 2.75) is 6.10 Å². The van der Waals surface area contributed by atoms with Gasteiger partial charge >= 0.3 is 5.97 Å². The van der Waals surface area contributed by atoms with Gasteiger partial charge < -0.3 is 23.9 Å². The van der Waals surface area contributed by atoms with E-state index in [2.05, 4.69) is 0 Å². The lowest BCUT2D eigenvalue weighted by molar-refractivity contribution is -0.0562. The fourth-order valence-corrected chi connectivity index (χ4v) is 1.72. The maximum atomic E-state index is 11.9. The molecule has 2 rings (SSSR count). The third-order valence-electron chi connectivity index (χ3n) is 2.83. The van der Waals surface area contributed by atoms with Gasteiger partial charge in [-0.3, -0.25) is 4.79 Å². The van der Waals surface area contributed by atoms with Crippen LogP contribution in [0.3, 0.4) is 0 Å². The number of carbonyl (C=O) groups excluding carboxylic acids is 1. The second-order valence-electron chi connectivity index (χ2n) is 4.20. The summed E-state index contributed by atoms with van der Waals surface area (Å²) in [5.41, 5.74) is -0.0308. The fraction of sp³-hybridized carbons (Fsp3) is 0.500. The minimum atomic E-state index is -1.12. The van der Waals surface area contributed by atoms with Crippen molar-refractivity contribution >= 4 is 11.9 Å². The Balaban J connectivity index is 1.80. The van der Waals surface area contributed by atoms with E-state index in [1.807, 2.05) is 0 Å². The minimum absolute atomic E-state index is 0.00741. The van der Waals surface area contributed by atoms with Gasteiger partial charge in [0.05, 0.1) is 24.9 Å². The number of ether oxygens (including phenoxy) is 2. The Labute approximate surface area is 109 Å². The average molecular weight is 269 g/mol. The first kappa shape index (κ1) is 13.6. The van der Waals surface area contributed by atoms with Crippen molar-refractivity contribution in [3.05, 3.63) is 23.7 Å². The highest BCUT2D eigenvalue weighted by Crippen LogP contribution is 2.17. The van der Waals surface area contributed by atoms with E-state index in [1.54, 1.807) is 12.0 Å². The number of rotatable bonds is 6. The average Bonchev–Trinajstić information content (AvgIpc) is 2.81. The van der Waals surface area contributed by atoms with Crippen molar-refractivity contribution in [2.24, 2.45) is 0 Å². The Bertz CT molecular complexity index is 463. The van der Waals surface area contributed by atoms with Crippen molar-refractivity contribution in [3.8, 4) is 0 Å². The van der Waals surface area contributed by atoms with Crippen molar-refractivity contribution < 1.29 is 28.6 Å². The predicted molar refractivity (Wildman–Crippen MR) is 63.2 cm³/mol. The Morgan fingerprint density at radius 1 is 1.47 bits per heavy atom. The van der Waals surface area contributed by atoms with Gasteiger partial charge in [-0.25, -0.2) is 4.79 Å². The molecule has 1 aromatic rings. The molecule has 2 heterocycles. The van der Waals surface area contributed by atoms with Crippen LogP contribution < -0.4 is 0 Å². The van der Waals surface area contributed by atoms with Crippen molar-refractivity contribution in [1.29, 1.82) is 0 Å². The summed E-state index contributed by atoms with van der Waals surface area (Å²) in [4.78, 5) is 24.1. The Hall–Kier alpha value is -1.86. The normalized spacial score (nSPS) is 15.3. The highest BCUT2D eigenvalue weighted by Gasteiger charge is 2.33. The number of aromatic carboxylic acids is 1. The quantitative estimate of drug-likeness (QED) is 0.755. The second-order valence-corrected chi connectivity index (χ2v) is 4.20. The maximum absolute atomic E-state index is 11.9. The third kappa shape index (κ3) is 3.12. The molecule has 0 bridgehead atoms. The number of furan rings is 1. The molecule has 104 valence electrons. The number of carboxylic acids is 1. The monoisotopic (exact) mass is 269 g/mol. The molecule has 0 saturated carbocycles. The van der Waals surface area contributed by atoms with Gasteiger partial charge in [0, 0.05) is 26.3 Å². The molecule has 1 fully saturated rings. The highest BCUT2D eigenvalue weighted by molar-refractivity contribution is 5.95. The molecule has 0 atom stereocenters. The molecule has 7 heteroatoms. The first-order valence-corrected chi connectivity index (χ1v) is 5.83. The third-order valence-corrected chi connectivity index (χ3v) is 2.83. The van der Waals surface area contributed by atoms with Gasteiger partial charge in [0.15, 0.2) is 5.76 Å². The van der Waals surface area contributed by atoms with Crippen LogP contribution in [0.15, 0.2) is 16.7 Å². The molecule has 0 aliphatic carbocycles. The van der Waals surface area contributed by atoms with Crippen molar-refractivity contribution in [1.82, 2.24) is 4.90 Å². The molecule has 1 aliphatic rings. The molecule has 1 N–H and O–H groups in total. The lowest BCUT2D eigenvalue weighted by Crippen LogP contribution is -2.54. The first-order valence-electron chi connectivity index (χ1n) is 5.83. The van der Waals surface area contributed by atoms with Crippen molar-refractivity contribution in [2.75, 3.05) is 33.4 Å². The first-order chi connectivity index (χ1) is 9.11.